The lowest BCUT2D eigenvalue weighted by atomic mass is 9.97. The van der Waals surface area contributed by atoms with Crippen LogP contribution in [0.25, 0.3) is 21.7 Å². The van der Waals surface area contributed by atoms with E-state index < -0.39 is 24.0 Å². The van der Waals surface area contributed by atoms with E-state index in [2.05, 4.69) is 22.4 Å². The van der Waals surface area contributed by atoms with E-state index in [1.807, 2.05) is 29.6 Å². The highest BCUT2D eigenvalue weighted by Gasteiger charge is 2.28. The van der Waals surface area contributed by atoms with Crippen molar-refractivity contribution >= 4 is 52.4 Å². The Morgan fingerprint density at radius 1 is 1.00 bits per heavy atom. The molecule has 0 saturated carbocycles. The number of rotatable bonds is 17. The number of aromatic nitrogens is 2. The van der Waals surface area contributed by atoms with Crippen LogP contribution in [0.2, 0.25) is 5.02 Å². The zero-order valence-corrected chi connectivity index (χ0v) is 30.6. The van der Waals surface area contributed by atoms with Gasteiger partial charge in [0.05, 0.1) is 17.3 Å². The summed E-state index contributed by atoms with van der Waals surface area (Å²) in [6, 6.07) is 16.9. The van der Waals surface area contributed by atoms with Crippen molar-refractivity contribution < 1.29 is 19.1 Å². The second kappa shape index (κ2) is 19.1. The number of thioether (sulfide) groups is 1. The molecule has 4 aromatic rings. The van der Waals surface area contributed by atoms with Gasteiger partial charge in [-0.15, -0.1) is 11.3 Å². The number of amides is 1. The molecule has 2 heterocycles. The van der Waals surface area contributed by atoms with Crippen molar-refractivity contribution in [3.05, 3.63) is 75.8 Å². The maximum atomic E-state index is 12.8. The van der Waals surface area contributed by atoms with Crippen LogP contribution in [0.3, 0.4) is 0 Å². The van der Waals surface area contributed by atoms with Gasteiger partial charge < -0.3 is 32.0 Å². The first kappa shape index (κ1) is 39.1. The van der Waals surface area contributed by atoms with Gasteiger partial charge in [-0.05, 0) is 55.1 Å². The molecule has 266 valence electrons. The minimum atomic E-state index is -0.856. The molecule has 51 heavy (non-hydrogen) atoms. The monoisotopic (exact) mass is 746 g/mol. The Balaban J connectivity index is 1.38. The van der Waals surface area contributed by atoms with Crippen LogP contribution in [-0.2, 0) is 20.1 Å². The Bertz CT molecular complexity index is 1890. The van der Waals surface area contributed by atoms with Crippen LogP contribution >= 0.6 is 34.7 Å². The number of ether oxygens (including phenoxy) is 2. The first-order chi connectivity index (χ1) is 24.6. The molecule has 0 aliphatic heterocycles. The number of nitrogen functional groups attached to an aromatic ring is 1. The Morgan fingerprint density at radius 3 is 2.33 bits per heavy atom. The molecule has 1 amide bonds. The number of unbranched alkanes of at least 4 members (excludes halogenated alkanes) is 1. The van der Waals surface area contributed by atoms with Crippen molar-refractivity contribution in [1.82, 2.24) is 15.3 Å². The number of nitrogens with zero attached hydrogens (tertiary/aromatic N) is 4. The van der Waals surface area contributed by atoms with Crippen LogP contribution in [0.15, 0.2) is 58.9 Å². The molecule has 0 radical (unpaired) electrons. The van der Waals surface area contributed by atoms with Gasteiger partial charge in [0.25, 0.3) is 0 Å². The predicted octanol–water partition coefficient (Wildman–Crippen LogP) is 5.66. The van der Waals surface area contributed by atoms with Crippen LogP contribution in [-0.4, -0.2) is 53.7 Å². The van der Waals surface area contributed by atoms with Crippen molar-refractivity contribution in [2.45, 2.75) is 56.0 Å². The molecule has 4 rings (SSSR count). The quantitative estimate of drug-likeness (QED) is 0.0585. The fraction of sp³-hybridized carbons (Fsp3) is 0.333. The normalized spacial score (nSPS) is 12.1. The predicted molar refractivity (Wildman–Crippen MR) is 200 cm³/mol. The molecular formula is C36H39ClN8O4S2. The van der Waals surface area contributed by atoms with Gasteiger partial charge in [0.15, 0.2) is 0 Å². The molecule has 0 unspecified atom stereocenters. The van der Waals surface area contributed by atoms with Gasteiger partial charge in [0, 0.05) is 27.3 Å². The molecule has 0 bridgehead atoms. The lowest BCUT2D eigenvalue weighted by Gasteiger charge is -2.22. The Labute approximate surface area is 310 Å². The third kappa shape index (κ3) is 10.7. The van der Waals surface area contributed by atoms with Gasteiger partial charge in [-0.25, -0.2) is 14.8 Å². The largest absolute Gasteiger partial charge is 0.490 e. The number of carbonyl (C=O) groups is 2. The third-order valence-electron chi connectivity index (χ3n) is 7.68. The highest BCUT2D eigenvalue weighted by molar-refractivity contribution is 7.98. The van der Waals surface area contributed by atoms with E-state index in [0.29, 0.717) is 45.6 Å². The lowest BCUT2D eigenvalue weighted by molar-refractivity contribution is -0.150. The summed E-state index contributed by atoms with van der Waals surface area (Å²) in [5.41, 5.74) is 20.7. The van der Waals surface area contributed by atoms with E-state index in [-0.39, 0.29) is 36.1 Å². The molecule has 2 aromatic heterocycles. The molecule has 2 aromatic carbocycles. The molecule has 15 heteroatoms. The highest BCUT2D eigenvalue weighted by Crippen LogP contribution is 2.37. The summed E-state index contributed by atoms with van der Waals surface area (Å²) in [7, 11) is 0. The Hall–Kier alpha value is -4.70. The van der Waals surface area contributed by atoms with Gasteiger partial charge in [-0.1, -0.05) is 67.9 Å². The Morgan fingerprint density at radius 2 is 1.69 bits per heavy atom. The number of nitrogens with two attached hydrogens (primary N) is 3. The zero-order valence-electron chi connectivity index (χ0n) is 28.2. The van der Waals surface area contributed by atoms with E-state index >= 15 is 0 Å². The van der Waals surface area contributed by atoms with Crippen LogP contribution in [0, 0.1) is 28.6 Å². The van der Waals surface area contributed by atoms with E-state index in [1.165, 1.54) is 23.1 Å². The second-order valence-electron chi connectivity index (χ2n) is 11.8. The number of pyridine rings is 1. The molecular weight excluding hydrogens is 708 g/mol. The van der Waals surface area contributed by atoms with Gasteiger partial charge in [0.1, 0.15) is 58.6 Å². The molecule has 0 fully saturated rings. The van der Waals surface area contributed by atoms with Gasteiger partial charge in [-0.3, -0.25) is 4.79 Å². The van der Waals surface area contributed by atoms with Crippen LogP contribution < -0.4 is 27.3 Å². The van der Waals surface area contributed by atoms with E-state index in [1.54, 1.807) is 38.1 Å². The van der Waals surface area contributed by atoms with Crippen molar-refractivity contribution in [1.29, 1.82) is 10.5 Å². The van der Waals surface area contributed by atoms with E-state index in [4.69, 9.17) is 43.3 Å². The van der Waals surface area contributed by atoms with Gasteiger partial charge >= 0.3 is 5.97 Å². The average molecular weight is 747 g/mol. The number of benzene rings is 2. The minimum Gasteiger partial charge on any atom is -0.490 e. The number of hydrogen-bond acceptors (Lipinski definition) is 13. The highest BCUT2D eigenvalue weighted by atomic mass is 35.5. The summed E-state index contributed by atoms with van der Waals surface area (Å²) < 4.78 is 11.2. The van der Waals surface area contributed by atoms with Crippen LogP contribution in [0.5, 0.6) is 5.75 Å². The number of carbonyl (C=O) groups excluding carboxylic acids is 2. The number of nitrogens with one attached hydrogen (secondary N) is 1. The number of esters is 1. The second-order valence-corrected chi connectivity index (χ2v) is 14.0. The average Bonchev–Trinajstić information content (AvgIpc) is 3.60. The number of halogens is 1. The SMILES string of the molecule is CC(C)[C@H](NC(=O)[C@@H](N)CCCCN)C(=O)OCCOc1ccc(-c2c(C#N)c(N)nc(SCc3csc(-c4ccc(Cl)cc4)n3)c2C#N)cc1. The molecule has 7 N–H and O–H groups in total. The van der Waals surface area contributed by atoms with Crippen molar-refractivity contribution in [3.63, 3.8) is 0 Å². The molecule has 2 atom stereocenters. The van der Waals surface area contributed by atoms with Crippen LogP contribution in [0.1, 0.15) is 49.9 Å². The fourth-order valence-corrected chi connectivity index (χ4v) is 6.88. The number of thiazole rings is 1. The van der Waals surface area contributed by atoms with Crippen molar-refractivity contribution in [2.75, 3.05) is 25.5 Å². The number of hydrogen-bond donors (Lipinski definition) is 4. The van der Waals surface area contributed by atoms with Gasteiger partial charge in [-0.2, -0.15) is 10.5 Å². The maximum Gasteiger partial charge on any atom is 0.329 e. The number of nitriles is 2. The fourth-order valence-electron chi connectivity index (χ4n) is 4.94. The van der Waals surface area contributed by atoms with Crippen LogP contribution in [0.4, 0.5) is 5.82 Å². The standard InChI is InChI=1S/C36H39ClN8O4S2/c1-21(2)31(44-33(46)29(41)5-3-4-14-38)36(47)49-16-15-48-26-12-8-22(9-13-26)30-27(17-39)32(42)45-35(28(30)18-40)51-20-25-19-50-34(43-25)23-6-10-24(37)11-7-23/h6-13,19,21,29,31H,3-5,14-16,20,38,41H2,1-2H3,(H2,42,45)(H,44,46)/t29-,31-/m0/s1. The first-order valence-corrected chi connectivity index (χ1v) is 18.4. The van der Waals surface area contributed by atoms with E-state index in [9.17, 15) is 20.1 Å². The Kier molecular flexibility index (Phi) is 14.6. The summed E-state index contributed by atoms with van der Waals surface area (Å²) in [5.74, 6) is -0.296. The maximum absolute atomic E-state index is 12.8. The first-order valence-electron chi connectivity index (χ1n) is 16.2. The summed E-state index contributed by atoms with van der Waals surface area (Å²) in [6.45, 7) is 4.12. The van der Waals surface area contributed by atoms with Crippen molar-refractivity contribution in [3.8, 4) is 39.6 Å². The smallest absolute Gasteiger partial charge is 0.329 e. The summed E-state index contributed by atoms with van der Waals surface area (Å²) >= 11 is 8.82. The zero-order chi connectivity index (χ0) is 36.9. The third-order valence-corrected chi connectivity index (χ3v) is 9.88. The molecule has 0 aliphatic rings. The van der Waals surface area contributed by atoms with Crippen molar-refractivity contribution in [2.24, 2.45) is 17.4 Å². The molecule has 0 saturated heterocycles. The topological polar surface area (TPSA) is 216 Å². The lowest BCUT2D eigenvalue weighted by Crippen LogP contribution is -2.51. The summed E-state index contributed by atoms with van der Waals surface area (Å²) in [5, 5.41) is 26.7. The van der Waals surface area contributed by atoms with E-state index in [0.717, 1.165) is 29.1 Å². The summed E-state index contributed by atoms with van der Waals surface area (Å²) in [4.78, 5) is 34.4. The number of anilines is 1. The molecule has 12 nitrogen and oxygen atoms in total. The van der Waals surface area contributed by atoms with Gasteiger partial charge in [0.2, 0.25) is 5.91 Å². The molecule has 0 aliphatic carbocycles. The minimum absolute atomic E-state index is 0.0146. The molecule has 0 spiro atoms. The summed E-state index contributed by atoms with van der Waals surface area (Å²) in [6.07, 6.45) is 1.96.